The first-order chi connectivity index (χ1) is 19.2. The van der Waals surface area contributed by atoms with Crippen molar-refractivity contribution in [2.45, 2.75) is 122 Å². The molecule has 0 fully saturated rings. The van der Waals surface area contributed by atoms with Crippen LogP contribution in [0.15, 0.2) is 30.6 Å². The van der Waals surface area contributed by atoms with E-state index in [0.717, 1.165) is 12.8 Å². The molecule has 0 aliphatic rings. The molecule has 8 nitrogen and oxygen atoms in total. The van der Waals surface area contributed by atoms with E-state index in [2.05, 4.69) is 17.0 Å². The van der Waals surface area contributed by atoms with Crippen molar-refractivity contribution in [1.29, 1.82) is 0 Å². The van der Waals surface area contributed by atoms with Gasteiger partial charge in [-0.25, -0.2) is 14.2 Å². The van der Waals surface area contributed by atoms with Gasteiger partial charge < -0.3 is 36.7 Å². The molecule has 9 heteroatoms. The Morgan fingerprint density at radius 3 is 1.80 bits per heavy atom. The average molecular weight is 587 g/mol. The van der Waals surface area contributed by atoms with Gasteiger partial charge in [-0.3, -0.25) is 0 Å². The summed E-state index contributed by atoms with van der Waals surface area (Å²) in [6, 6.07) is 5.78. The average Bonchev–Trinajstić information content (AvgIpc) is 2.95. The van der Waals surface area contributed by atoms with Crippen LogP contribution in [0.5, 0.6) is 0 Å². The van der Waals surface area contributed by atoms with Crippen molar-refractivity contribution in [3.63, 3.8) is 0 Å². The largest absolute Gasteiger partial charge is 1.00 e. The van der Waals surface area contributed by atoms with Gasteiger partial charge in [0.1, 0.15) is 6.61 Å². The lowest BCUT2D eigenvalue weighted by molar-refractivity contribution is -0.694. The highest BCUT2D eigenvalue weighted by Crippen LogP contribution is 2.13. The van der Waals surface area contributed by atoms with Gasteiger partial charge in [0.15, 0.2) is 25.0 Å². The van der Waals surface area contributed by atoms with Crippen LogP contribution < -0.4 is 22.3 Å². The molecule has 40 heavy (non-hydrogen) atoms. The highest BCUT2D eigenvalue weighted by atomic mass is 35.5. The quantitative estimate of drug-likeness (QED) is 0.105. The Morgan fingerprint density at radius 1 is 0.750 bits per heavy atom. The topological polar surface area (TPSA) is 87.0 Å². The number of hydrogen-bond donors (Lipinski definition) is 1. The van der Waals surface area contributed by atoms with E-state index in [4.69, 9.17) is 14.2 Å². The van der Waals surface area contributed by atoms with E-state index in [1.54, 1.807) is 0 Å². The summed E-state index contributed by atoms with van der Waals surface area (Å²) in [5.74, 6) is 0. The van der Waals surface area contributed by atoms with Crippen LogP contribution in [0.3, 0.4) is 0 Å². The Morgan fingerprint density at radius 2 is 1.27 bits per heavy atom. The molecule has 0 unspecified atom stereocenters. The maximum Gasteiger partial charge on any atom is 0.508 e. The van der Waals surface area contributed by atoms with Crippen molar-refractivity contribution >= 4 is 12.2 Å². The second-order valence-electron chi connectivity index (χ2n) is 10.2. The summed E-state index contributed by atoms with van der Waals surface area (Å²) in [6.45, 7) is 3.96. The van der Waals surface area contributed by atoms with E-state index in [9.17, 15) is 9.59 Å². The second kappa shape index (κ2) is 28.5. The smallest absolute Gasteiger partial charge is 0.508 e. The lowest BCUT2D eigenvalue weighted by Gasteiger charge is -2.17. The molecule has 0 spiro atoms. The van der Waals surface area contributed by atoms with Gasteiger partial charge in [-0.15, -0.1) is 0 Å². The first-order valence-electron chi connectivity index (χ1n) is 15.3. The number of amides is 1. The highest BCUT2D eigenvalue weighted by Gasteiger charge is 2.18. The van der Waals surface area contributed by atoms with Gasteiger partial charge in [-0.05, 0) is 6.42 Å². The number of methoxy groups -OCH3 is 1. The number of ether oxygens (including phenoxy) is 4. The number of unbranched alkanes of at least 4 members (excludes halogenated alkanes) is 15. The molecule has 1 aromatic heterocycles. The molecule has 0 saturated carbocycles. The fraction of sp³-hybridized carbons (Fsp3) is 0.774. The standard InChI is InChI=1S/C31H54N2O6.ClH/c1-3-4-5-6-7-8-9-10-11-12-13-14-15-16-17-21-26-37-27-29(39-31(35)36-2)28-38-30(34)32-22-25-33-23-19-18-20-24-33;/h18-20,23-24,29H,3-17,21-22,25-28H2,1-2H3;1H/t29-;/m0./s1. The molecule has 0 aliphatic carbocycles. The predicted molar refractivity (Wildman–Crippen MR) is 154 cm³/mol. The summed E-state index contributed by atoms with van der Waals surface area (Å²) in [5.41, 5.74) is 0. The van der Waals surface area contributed by atoms with Crippen molar-refractivity contribution in [2.24, 2.45) is 0 Å². The molecule has 1 aromatic rings. The minimum Gasteiger partial charge on any atom is -1.00 e. The Kier molecular flexibility index (Phi) is 27.0. The van der Waals surface area contributed by atoms with Crippen LogP contribution in [0.4, 0.5) is 9.59 Å². The van der Waals surface area contributed by atoms with Crippen molar-refractivity contribution in [2.75, 3.05) is 33.5 Å². The van der Waals surface area contributed by atoms with Crippen LogP contribution in [0.1, 0.15) is 110 Å². The summed E-state index contributed by atoms with van der Waals surface area (Å²) >= 11 is 0. The molecular weight excluding hydrogens is 532 g/mol. The van der Waals surface area contributed by atoms with E-state index in [1.165, 1.54) is 97.0 Å². The number of rotatable bonds is 25. The van der Waals surface area contributed by atoms with Crippen LogP contribution in [-0.2, 0) is 25.5 Å². The highest BCUT2D eigenvalue weighted by molar-refractivity contribution is 5.67. The molecule has 1 N–H and O–H groups in total. The summed E-state index contributed by atoms with van der Waals surface area (Å²) in [6.07, 6.45) is 22.9. The SMILES string of the molecule is CCCCCCCCCCCCCCCCCCOC[C@@H](COC(=O)NCC[n+]1ccccc1)OC(=O)OC.[Cl-]. The van der Waals surface area contributed by atoms with Crippen molar-refractivity contribution in [3.05, 3.63) is 30.6 Å². The Labute approximate surface area is 249 Å². The lowest BCUT2D eigenvalue weighted by atomic mass is 10.0. The van der Waals surface area contributed by atoms with Crippen LogP contribution in [0, 0.1) is 0 Å². The number of hydrogen-bond acceptors (Lipinski definition) is 6. The molecule has 0 saturated heterocycles. The molecular formula is C31H55ClN2O6. The first kappa shape index (κ1) is 37.9. The molecule has 0 aliphatic heterocycles. The molecule has 1 atom stereocenters. The summed E-state index contributed by atoms with van der Waals surface area (Å²) in [4.78, 5) is 23.5. The second-order valence-corrected chi connectivity index (χ2v) is 10.2. The lowest BCUT2D eigenvalue weighted by Crippen LogP contribution is -3.00. The molecule has 1 amide bonds. The Hall–Kier alpha value is -2.06. The van der Waals surface area contributed by atoms with Crippen LogP contribution in [0.25, 0.3) is 0 Å². The Bertz CT molecular complexity index is 710. The maximum absolute atomic E-state index is 12.0. The third kappa shape index (κ3) is 23.8. The van der Waals surface area contributed by atoms with Crippen molar-refractivity contribution in [3.8, 4) is 0 Å². The van der Waals surface area contributed by atoms with Crippen LogP contribution >= 0.6 is 0 Å². The molecule has 0 aromatic carbocycles. The molecule has 0 radical (unpaired) electrons. The van der Waals surface area contributed by atoms with E-state index < -0.39 is 18.4 Å². The van der Waals surface area contributed by atoms with Gasteiger partial charge in [0.2, 0.25) is 0 Å². The third-order valence-corrected chi connectivity index (χ3v) is 6.69. The van der Waals surface area contributed by atoms with Gasteiger partial charge >= 0.3 is 12.2 Å². The fourth-order valence-corrected chi connectivity index (χ4v) is 4.36. The summed E-state index contributed by atoms with van der Waals surface area (Å²) < 4.78 is 22.6. The number of nitrogens with one attached hydrogen (secondary N) is 1. The zero-order valence-electron chi connectivity index (χ0n) is 25.1. The van der Waals surface area contributed by atoms with E-state index >= 15 is 0 Å². The number of pyridine rings is 1. The molecule has 232 valence electrons. The molecule has 1 rings (SSSR count). The van der Waals surface area contributed by atoms with Gasteiger partial charge in [0.05, 0.1) is 20.3 Å². The first-order valence-corrected chi connectivity index (χ1v) is 15.3. The zero-order valence-corrected chi connectivity index (χ0v) is 25.8. The zero-order chi connectivity index (χ0) is 28.2. The summed E-state index contributed by atoms with van der Waals surface area (Å²) in [7, 11) is 1.24. The fourth-order valence-electron chi connectivity index (χ4n) is 4.36. The minimum absolute atomic E-state index is 0. The van der Waals surface area contributed by atoms with E-state index in [0.29, 0.717) is 19.7 Å². The van der Waals surface area contributed by atoms with Crippen LogP contribution in [-0.4, -0.2) is 51.8 Å². The number of aromatic nitrogens is 1. The number of nitrogens with zero attached hydrogens (tertiary/aromatic N) is 1. The predicted octanol–water partition coefficient (Wildman–Crippen LogP) is 4.13. The van der Waals surface area contributed by atoms with Gasteiger partial charge in [-0.2, -0.15) is 0 Å². The Balaban J connectivity index is 0.0000152. The summed E-state index contributed by atoms with van der Waals surface area (Å²) in [5, 5.41) is 2.69. The number of alkyl carbamates (subject to hydrolysis) is 1. The maximum atomic E-state index is 12.0. The van der Waals surface area contributed by atoms with E-state index in [1.807, 2.05) is 35.2 Å². The van der Waals surface area contributed by atoms with Crippen LogP contribution in [0.2, 0.25) is 0 Å². The number of carbonyl (C=O) groups excluding carboxylic acids is 2. The van der Waals surface area contributed by atoms with Crippen molar-refractivity contribution in [1.82, 2.24) is 5.32 Å². The van der Waals surface area contributed by atoms with Crippen molar-refractivity contribution < 1.29 is 45.5 Å². The van der Waals surface area contributed by atoms with Gasteiger partial charge in [0.25, 0.3) is 0 Å². The number of halogens is 1. The van der Waals surface area contributed by atoms with E-state index in [-0.39, 0.29) is 25.6 Å². The monoisotopic (exact) mass is 586 g/mol. The van der Waals surface area contributed by atoms with Gasteiger partial charge in [-0.1, -0.05) is 109 Å². The molecule has 0 bridgehead atoms. The minimum atomic E-state index is -0.824. The third-order valence-electron chi connectivity index (χ3n) is 6.69. The number of carbonyl (C=O) groups is 2. The van der Waals surface area contributed by atoms with Gasteiger partial charge in [0, 0.05) is 18.7 Å². The molecule has 1 heterocycles. The normalized spacial score (nSPS) is 11.3.